The molecule has 0 radical (unpaired) electrons. The molecule has 0 N–H and O–H groups in total. The second-order valence-electron chi connectivity index (χ2n) is 6.18. The molecule has 1 saturated heterocycles. The van der Waals surface area contributed by atoms with Crippen molar-refractivity contribution in [3.05, 3.63) is 53.7 Å². The zero-order valence-electron chi connectivity index (χ0n) is 14.4. The topological polar surface area (TPSA) is 62.5 Å². The molecule has 2 aromatic heterocycles. The second-order valence-corrected chi connectivity index (χ2v) is 7.13. The van der Waals surface area contributed by atoms with Gasteiger partial charge in [0.1, 0.15) is 0 Å². The van der Waals surface area contributed by atoms with Gasteiger partial charge in [0.15, 0.2) is 0 Å². The van der Waals surface area contributed by atoms with Crippen molar-refractivity contribution in [1.29, 1.82) is 0 Å². The molecule has 6 nitrogen and oxygen atoms in total. The molecule has 0 bridgehead atoms. The van der Waals surface area contributed by atoms with Crippen LogP contribution in [0.2, 0.25) is 0 Å². The lowest BCUT2D eigenvalue weighted by atomic mass is 10.2. The third-order valence-electron chi connectivity index (χ3n) is 4.51. The van der Waals surface area contributed by atoms with Gasteiger partial charge in [0.2, 0.25) is 11.8 Å². The van der Waals surface area contributed by atoms with E-state index in [0.29, 0.717) is 24.6 Å². The van der Waals surface area contributed by atoms with Gasteiger partial charge in [-0.25, -0.2) is 0 Å². The Kier molecular flexibility index (Phi) is 4.97. The number of hydrogen-bond donors (Lipinski definition) is 0. The molecule has 0 spiro atoms. The molecule has 7 heteroatoms. The Morgan fingerprint density at radius 1 is 1.04 bits per heavy atom. The second kappa shape index (κ2) is 7.70. The maximum Gasteiger partial charge on any atom is 0.257 e. The minimum absolute atomic E-state index is 0.147. The molecule has 3 aromatic rings. The summed E-state index contributed by atoms with van der Waals surface area (Å²) in [6.07, 6.45) is 0.882. The average Bonchev–Trinajstić information content (AvgIpc) is 3.38. The van der Waals surface area contributed by atoms with Gasteiger partial charge in [-0.2, -0.15) is 0 Å². The fraction of sp³-hybridized carbons (Fsp3) is 0.316. The van der Waals surface area contributed by atoms with Gasteiger partial charge >= 0.3 is 0 Å². The van der Waals surface area contributed by atoms with E-state index in [1.165, 1.54) is 5.69 Å². The maximum absolute atomic E-state index is 12.5. The van der Waals surface area contributed by atoms with Crippen molar-refractivity contribution < 1.29 is 9.21 Å². The third kappa shape index (κ3) is 3.77. The Labute approximate surface area is 156 Å². The first-order valence-corrected chi connectivity index (χ1v) is 9.61. The highest BCUT2D eigenvalue weighted by Crippen LogP contribution is 2.23. The van der Waals surface area contributed by atoms with Gasteiger partial charge in [-0.15, -0.1) is 21.5 Å². The average molecular weight is 368 g/mol. The van der Waals surface area contributed by atoms with Crippen LogP contribution in [-0.4, -0.2) is 47.2 Å². The van der Waals surface area contributed by atoms with Gasteiger partial charge in [0.25, 0.3) is 5.89 Å². The molecular weight excluding hydrogens is 348 g/mol. The van der Waals surface area contributed by atoms with Gasteiger partial charge in [-0.3, -0.25) is 4.79 Å². The number of nitrogens with zero attached hydrogens (tertiary/aromatic N) is 4. The Balaban J connectivity index is 1.27. The summed E-state index contributed by atoms with van der Waals surface area (Å²) >= 11 is 1.56. The number of carbonyl (C=O) groups excluding carboxylic acids is 1. The number of aryl methyl sites for hydroxylation is 1. The lowest BCUT2D eigenvalue weighted by Gasteiger charge is -2.36. The minimum Gasteiger partial charge on any atom is -0.420 e. The van der Waals surface area contributed by atoms with Crippen molar-refractivity contribution in [1.82, 2.24) is 15.1 Å². The molecule has 1 aromatic carbocycles. The van der Waals surface area contributed by atoms with Crippen molar-refractivity contribution >= 4 is 22.9 Å². The Bertz CT molecular complexity index is 840. The number of amides is 1. The van der Waals surface area contributed by atoms with Crippen LogP contribution in [0, 0.1) is 0 Å². The van der Waals surface area contributed by atoms with Gasteiger partial charge < -0.3 is 14.2 Å². The first-order chi connectivity index (χ1) is 12.8. The summed E-state index contributed by atoms with van der Waals surface area (Å²) in [6.45, 7) is 3.22. The highest BCUT2D eigenvalue weighted by molar-refractivity contribution is 7.13. The molecule has 0 saturated carbocycles. The van der Waals surface area contributed by atoms with Crippen LogP contribution in [0.1, 0.15) is 12.3 Å². The number of piperazine rings is 1. The van der Waals surface area contributed by atoms with Crippen LogP contribution in [0.25, 0.3) is 10.8 Å². The number of benzene rings is 1. The number of thiophene rings is 1. The number of carbonyl (C=O) groups is 1. The number of rotatable bonds is 5. The highest BCUT2D eigenvalue weighted by Gasteiger charge is 2.21. The van der Waals surface area contributed by atoms with Gasteiger partial charge in [0.05, 0.1) is 4.88 Å². The minimum atomic E-state index is 0.147. The Morgan fingerprint density at radius 3 is 2.58 bits per heavy atom. The standard InChI is InChI=1S/C19H20N4O2S/c24-18(9-8-17-20-21-19(25-17)16-7-4-14-26-16)23-12-10-22(11-13-23)15-5-2-1-3-6-15/h1-7,14H,8-13H2. The van der Waals surface area contributed by atoms with Crippen LogP contribution in [0.4, 0.5) is 5.69 Å². The zero-order chi connectivity index (χ0) is 17.8. The fourth-order valence-corrected chi connectivity index (χ4v) is 3.72. The molecule has 1 amide bonds. The molecule has 0 atom stereocenters. The lowest BCUT2D eigenvalue weighted by molar-refractivity contribution is -0.131. The van der Waals surface area contributed by atoms with E-state index < -0.39 is 0 Å². The molecule has 0 unspecified atom stereocenters. The summed E-state index contributed by atoms with van der Waals surface area (Å²) in [4.78, 5) is 17.7. The molecule has 1 fully saturated rings. The predicted octanol–water partition coefficient (Wildman–Crippen LogP) is 3.08. The molecule has 4 rings (SSSR count). The zero-order valence-corrected chi connectivity index (χ0v) is 15.2. The first-order valence-electron chi connectivity index (χ1n) is 8.73. The SMILES string of the molecule is O=C(CCc1nnc(-c2cccs2)o1)N1CCN(c2ccccc2)CC1. The van der Waals surface area contributed by atoms with E-state index >= 15 is 0 Å². The van der Waals surface area contributed by atoms with Crippen molar-refractivity contribution in [3.8, 4) is 10.8 Å². The van der Waals surface area contributed by atoms with Crippen molar-refractivity contribution in [2.24, 2.45) is 0 Å². The summed E-state index contributed by atoms with van der Waals surface area (Å²) in [5.74, 6) is 1.19. The van der Waals surface area contributed by atoms with E-state index in [1.54, 1.807) is 11.3 Å². The van der Waals surface area contributed by atoms with Crippen LogP contribution >= 0.6 is 11.3 Å². The number of hydrogen-bond acceptors (Lipinski definition) is 6. The van der Waals surface area contributed by atoms with Crippen LogP contribution in [-0.2, 0) is 11.2 Å². The van der Waals surface area contributed by atoms with E-state index in [-0.39, 0.29) is 5.91 Å². The molecule has 134 valence electrons. The molecule has 26 heavy (non-hydrogen) atoms. The Hall–Kier alpha value is -2.67. The Morgan fingerprint density at radius 2 is 1.85 bits per heavy atom. The molecule has 3 heterocycles. The van der Waals surface area contributed by atoms with Crippen molar-refractivity contribution in [3.63, 3.8) is 0 Å². The summed E-state index contributed by atoms with van der Waals surface area (Å²) in [5.41, 5.74) is 1.21. The summed E-state index contributed by atoms with van der Waals surface area (Å²) in [7, 11) is 0. The summed E-state index contributed by atoms with van der Waals surface area (Å²) in [5, 5.41) is 10.1. The van der Waals surface area contributed by atoms with Gasteiger partial charge in [0, 0.05) is 44.7 Å². The van der Waals surface area contributed by atoms with Crippen LogP contribution in [0.3, 0.4) is 0 Å². The summed E-state index contributed by atoms with van der Waals surface area (Å²) in [6, 6.07) is 14.2. The van der Waals surface area contributed by atoms with Crippen LogP contribution in [0.5, 0.6) is 0 Å². The summed E-state index contributed by atoms with van der Waals surface area (Å²) < 4.78 is 5.65. The van der Waals surface area contributed by atoms with E-state index in [9.17, 15) is 4.79 Å². The van der Waals surface area contributed by atoms with Gasteiger partial charge in [-0.05, 0) is 23.6 Å². The largest absolute Gasteiger partial charge is 0.420 e. The molecule has 1 aliphatic heterocycles. The van der Waals surface area contributed by atoms with E-state index in [2.05, 4.69) is 27.2 Å². The quantitative estimate of drug-likeness (QED) is 0.693. The molecule has 1 aliphatic rings. The normalized spacial score (nSPS) is 14.6. The monoisotopic (exact) mass is 368 g/mol. The van der Waals surface area contributed by atoms with Crippen molar-refractivity contribution in [2.75, 3.05) is 31.1 Å². The van der Waals surface area contributed by atoms with Crippen LogP contribution in [0.15, 0.2) is 52.3 Å². The predicted molar refractivity (Wildman–Crippen MR) is 101 cm³/mol. The fourth-order valence-electron chi connectivity index (χ4n) is 3.08. The lowest BCUT2D eigenvalue weighted by Crippen LogP contribution is -2.48. The highest BCUT2D eigenvalue weighted by atomic mass is 32.1. The molecular formula is C19H20N4O2S. The maximum atomic E-state index is 12.5. The third-order valence-corrected chi connectivity index (χ3v) is 5.36. The van der Waals surface area contributed by atoms with Gasteiger partial charge in [-0.1, -0.05) is 24.3 Å². The van der Waals surface area contributed by atoms with E-state index in [4.69, 9.17) is 4.42 Å². The van der Waals surface area contributed by atoms with Crippen LogP contribution < -0.4 is 4.90 Å². The molecule has 0 aliphatic carbocycles. The number of aromatic nitrogens is 2. The number of anilines is 1. The van der Waals surface area contributed by atoms with E-state index in [1.807, 2.05) is 40.6 Å². The smallest absolute Gasteiger partial charge is 0.257 e. The van der Waals surface area contributed by atoms with Crippen molar-refractivity contribution in [2.45, 2.75) is 12.8 Å². The number of para-hydroxylation sites is 1. The van der Waals surface area contributed by atoms with E-state index in [0.717, 1.165) is 31.1 Å². The first kappa shape index (κ1) is 16.8.